The second kappa shape index (κ2) is 3.25. The molecule has 14 heavy (non-hydrogen) atoms. The number of hydrogen-bond acceptors (Lipinski definition) is 2. The van der Waals surface area contributed by atoms with Crippen molar-refractivity contribution in [2.45, 2.75) is 12.8 Å². The Morgan fingerprint density at radius 3 is 3.07 bits per heavy atom. The minimum atomic E-state index is -0.402. The van der Waals surface area contributed by atoms with Crippen LogP contribution in [0.2, 0.25) is 0 Å². The van der Waals surface area contributed by atoms with Gasteiger partial charge < -0.3 is 11.1 Å². The van der Waals surface area contributed by atoms with E-state index in [1.807, 2.05) is 18.2 Å². The Morgan fingerprint density at radius 2 is 2.36 bits per heavy atom. The first-order valence-electron chi connectivity index (χ1n) is 4.63. The van der Waals surface area contributed by atoms with Gasteiger partial charge >= 0.3 is 0 Å². The van der Waals surface area contributed by atoms with Crippen LogP contribution in [0.15, 0.2) is 35.5 Å². The van der Waals surface area contributed by atoms with Crippen LogP contribution in [0.3, 0.4) is 0 Å². The number of allylic oxidation sites excluding steroid dienone is 5. The molecule has 0 radical (unpaired) electrons. The fourth-order valence-corrected chi connectivity index (χ4v) is 1.98. The van der Waals surface area contributed by atoms with Gasteiger partial charge in [0.2, 0.25) is 5.91 Å². The van der Waals surface area contributed by atoms with Crippen molar-refractivity contribution in [3.63, 3.8) is 0 Å². The number of carbonyl (C=O) groups excluding carboxylic acids is 1. The second-order valence-corrected chi connectivity index (χ2v) is 3.62. The van der Waals surface area contributed by atoms with Gasteiger partial charge in [-0.05, 0) is 12.5 Å². The minimum Gasteiger partial charge on any atom is -0.366 e. The Hall–Kier alpha value is -1.64. The van der Waals surface area contributed by atoms with Gasteiger partial charge in [0.15, 0.2) is 0 Å². The van der Waals surface area contributed by atoms with E-state index in [4.69, 9.17) is 11.1 Å². The highest BCUT2D eigenvalue weighted by Gasteiger charge is 2.27. The van der Waals surface area contributed by atoms with E-state index < -0.39 is 5.91 Å². The Balaban J connectivity index is 2.41. The lowest BCUT2D eigenvalue weighted by molar-refractivity contribution is -0.115. The summed E-state index contributed by atoms with van der Waals surface area (Å²) in [7, 11) is 0. The summed E-state index contributed by atoms with van der Waals surface area (Å²) in [6, 6.07) is 0. The normalized spacial score (nSPS) is 25.1. The molecule has 0 aromatic carbocycles. The van der Waals surface area contributed by atoms with Crippen molar-refractivity contribution < 1.29 is 4.79 Å². The molecule has 0 heterocycles. The van der Waals surface area contributed by atoms with Crippen molar-refractivity contribution in [1.82, 2.24) is 0 Å². The zero-order chi connectivity index (χ0) is 10.1. The average molecular weight is 188 g/mol. The summed E-state index contributed by atoms with van der Waals surface area (Å²) < 4.78 is 0. The van der Waals surface area contributed by atoms with E-state index in [2.05, 4.69) is 0 Å². The van der Waals surface area contributed by atoms with Gasteiger partial charge in [-0.15, -0.1) is 0 Å². The zero-order valence-electron chi connectivity index (χ0n) is 7.79. The van der Waals surface area contributed by atoms with Crippen LogP contribution in [-0.4, -0.2) is 11.6 Å². The molecule has 1 amide bonds. The van der Waals surface area contributed by atoms with E-state index in [9.17, 15) is 4.79 Å². The molecule has 0 bridgehead atoms. The van der Waals surface area contributed by atoms with Gasteiger partial charge in [-0.25, -0.2) is 0 Å². The smallest absolute Gasteiger partial charge is 0.245 e. The number of carbonyl (C=O) groups is 1. The molecule has 0 saturated carbocycles. The molecule has 2 rings (SSSR count). The van der Waals surface area contributed by atoms with E-state index >= 15 is 0 Å². The lowest BCUT2D eigenvalue weighted by Gasteiger charge is -2.26. The van der Waals surface area contributed by atoms with Gasteiger partial charge in [-0.2, -0.15) is 0 Å². The quantitative estimate of drug-likeness (QED) is 0.640. The Labute approximate surface area is 82.5 Å². The van der Waals surface area contributed by atoms with Crippen LogP contribution in [0.5, 0.6) is 0 Å². The first-order valence-corrected chi connectivity index (χ1v) is 4.63. The molecule has 1 unspecified atom stereocenters. The van der Waals surface area contributed by atoms with Crippen LogP contribution in [0, 0.1) is 11.3 Å². The SMILES string of the molecule is N=C1C=C(C(N)=O)C2CC=CC=C2C1. The monoisotopic (exact) mass is 188 g/mol. The molecule has 0 spiro atoms. The molecular formula is C11H12N2O. The summed E-state index contributed by atoms with van der Waals surface area (Å²) in [5, 5.41) is 7.59. The zero-order valence-corrected chi connectivity index (χ0v) is 7.79. The van der Waals surface area contributed by atoms with Gasteiger partial charge in [0.05, 0.1) is 0 Å². The Kier molecular flexibility index (Phi) is 2.08. The number of amides is 1. The molecule has 2 aliphatic rings. The maximum absolute atomic E-state index is 11.2. The summed E-state index contributed by atoms with van der Waals surface area (Å²) in [6.07, 6.45) is 9.07. The van der Waals surface area contributed by atoms with Crippen LogP contribution in [0.4, 0.5) is 0 Å². The van der Waals surface area contributed by atoms with Crippen molar-refractivity contribution in [2.24, 2.45) is 11.7 Å². The third-order valence-electron chi connectivity index (χ3n) is 2.65. The Bertz CT molecular complexity index is 388. The molecule has 72 valence electrons. The van der Waals surface area contributed by atoms with Crippen molar-refractivity contribution in [3.8, 4) is 0 Å². The molecule has 3 N–H and O–H groups in total. The first kappa shape index (κ1) is 8.94. The number of primary amides is 1. The van der Waals surface area contributed by atoms with Gasteiger partial charge in [-0.1, -0.05) is 23.8 Å². The average Bonchev–Trinajstić information content (AvgIpc) is 2.16. The third kappa shape index (κ3) is 1.41. The van der Waals surface area contributed by atoms with Gasteiger partial charge in [0, 0.05) is 23.6 Å². The van der Waals surface area contributed by atoms with Crippen LogP contribution < -0.4 is 5.73 Å². The number of nitrogens with two attached hydrogens (primary N) is 1. The number of nitrogens with one attached hydrogen (secondary N) is 1. The number of fused-ring (bicyclic) bond motifs is 1. The van der Waals surface area contributed by atoms with Gasteiger partial charge in [-0.3, -0.25) is 4.79 Å². The number of hydrogen-bond donors (Lipinski definition) is 2. The highest BCUT2D eigenvalue weighted by molar-refractivity contribution is 6.05. The topological polar surface area (TPSA) is 66.9 Å². The van der Waals surface area contributed by atoms with Crippen LogP contribution in [0.1, 0.15) is 12.8 Å². The molecule has 0 saturated heterocycles. The summed E-state index contributed by atoms with van der Waals surface area (Å²) in [4.78, 5) is 11.2. The molecule has 0 aromatic rings. The molecule has 1 atom stereocenters. The van der Waals surface area contributed by atoms with Crippen LogP contribution in [0.25, 0.3) is 0 Å². The fraction of sp³-hybridized carbons (Fsp3) is 0.273. The first-order chi connectivity index (χ1) is 6.68. The van der Waals surface area contributed by atoms with E-state index in [0.29, 0.717) is 17.7 Å². The largest absolute Gasteiger partial charge is 0.366 e. The summed E-state index contributed by atoms with van der Waals surface area (Å²) in [5.74, 6) is -0.285. The number of rotatable bonds is 1. The standard InChI is InChI=1S/C11H12N2O/c12-8-5-7-3-1-2-4-9(7)10(6-8)11(13)14/h1-3,6,9,12H,4-5H2,(H2,13,14). The highest BCUT2D eigenvalue weighted by Crippen LogP contribution is 2.33. The summed E-state index contributed by atoms with van der Waals surface area (Å²) in [6.45, 7) is 0. The minimum absolute atomic E-state index is 0.117. The fourth-order valence-electron chi connectivity index (χ4n) is 1.98. The third-order valence-corrected chi connectivity index (χ3v) is 2.65. The molecule has 0 aliphatic heterocycles. The van der Waals surface area contributed by atoms with Crippen molar-refractivity contribution in [1.29, 1.82) is 5.41 Å². The predicted molar refractivity (Wildman–Crippen MR) is 55.0 cm³/mol. The van der Waals surface area contributed by atoms with E-state index in [0.717, 1.165) is 12.0 Å². The maximum atomic E-state index is 11.2. The second-order valence-electron chi connectivity index (χ2n) is 3.62. The summed E-state index contributed by atoms with van der Waals surface area (Å²) in [5.41, 5.74) is 7.46. The maximum Gasteiger partial charge on any atom is 0.245 e. The predicted octanol–water partition coefficient (Wildman–Crippen LogP) is 1.32. The lowest BCUT2D eigenvalue weighted by Crippen LogP contribution is -2.27. The lowest BCUT2D eigenvalue weighted by atomic mass is 9.78. The van der Waals surface area contributed by atoms with E-state index in [1.165, 1.54) is 0 Å². The van der Waals surface area contributed by atoms with Crippen molar-refractivity contribution in [2.75, 3.05) is 0 Å². The van der Waals surface area contributed by atoms with Crippen LogP contribution >= 0.6 is 0 Å². The molecule has 0 aromatic heterocycles. The van der Waals surface area contributed by atoms with Gasteiger partial charge in [0.25, 0.3) is 0 Å². The van der Waals surface area contributed by atoms with Crippen LogP contribution in [-0.2, 0) is 4.79 Å². The van der Waals surface area contributed by atoms with E-state index in [-0.39, 0.29) is 5.92 Å². The summed E-state index contributed by atoms with van der Waals surface area (Å²) >= 11 is 0. The molecule has 3 heteroatoms. The molecule has 2 aliphatic carbocycles. The van der Waals surface area contributed by atoms with Crippen molar-refractivity contribution in [3.05, 3.63) is 35.5 Å². The highest BCUT2D eigenvalue weighted by atomic mass is 16.1. The molecular weight excluding hydrogens is 176 g/mol. The van der Waals surface area contributed by atoms with E-state index in [1.54, 1.807) is 6.08 Å². The van der Waals surface area contributed by atoms with Gasteiger partial charge in [0.1, 0.15) is 0 Å². The molecule has 3 nitrogen and oxygen atoms in total. The Morgan fingerprint density at radius 1 is 1.57 bits per heavy atom. The van der Waals surface area contributed by atoms with Crippen molar-refractivity contribution >= 4 is 11.6 Å². The molecule has 0 fully saturated rings.